The van der Waals surface area contributed by atoms with Gasteiger partial charge >= 0.3 is 0 Å². The molecule has 1 fully saturated rings. The summed E-state index contributed by atoms with van der Waals surface area (Å²) >= 11 is 0. The summed E-state index contributed by atoms with van der Waals surface area (Å²) in [6.07, 6.45) is 1.24. The molecule has 1 aromatic rings. The molecule has 0 spiro atoms. The maximum absolute atomic E-state index is 5.70. The van der Waals surface area contributed by atoms with Crippen molar-refractivity contribution >= 4 is 12.4 Å². The Hall–Kier alpha value is -0.770. The summed E-state index contributed by atoms with van der Waals surface area (Å²) in [7, 11) is 0. The van der Waals surface area contributed by atoms with Gasteiger partial charge in [0, 0.05) is 13.1 Å². The Kier molecular flexibility index (Phi) is 6.47. The fraction of sp³-hybridized carbons (Fsp3) is 0.571. The third kappa shape index (κ3) is 4.16. The van der Waals surface area contributed by atoms with Crippen molar-refractivity contribution in [2.45, 2.75) is 19.9 Å². The average Bonchev–Trinajstić information content (AvgIpc) is 2.80. The molecule has 1 saturated heterocycles. The van der Waals surface area contributed by atoms with Gasteiger partial charge in [-0.15, -0.1) is 12.4 Å². The van der Waals surface area contributed by atoms with Crippen LogP contribution in [0.15, 0.2) is 24.3 Å². The van der Waals surface area contributed by atoms with E-state index in [-0.39, 0.29) is 12.4 Å². The first kappa shape index (κ1) is 15.3. The third-order valence-corrected chi connectivity index (χ3v) is 3.34. The van der Waals surface area contributed by atoms with E-state index in [4.69, 9.17) is 10.5 Å². The highest BCUT2D eigenvalue weighted by molar-refractivity contribution is 5.85. The predicted molar refractivity (Wildman–Crippen MR) is 77.3 cm³/mol. The van der Waals surface area contributed by atoms with Crippen LogP contribution in [0, 0.1) is 5.92 Å². The summed E-state index contributed by atoms with van der Waals surface area (Å²) < 4.78 is 5.44. The fourth-order valence-corrected chi connectivity index (χ4v) is 2.36. The van der Waals surface area contributed by atoms with Gasteiger partial charge in [-0.3, -0.25) is 4.90 Å². The maximum Gasteiger partial charge on any atom is 0.119 e. The Bertz CT molecular complexity index is 342. The van der Waals surface area contributed by atoms with Crippen LogP contribution in [0.2, 0.25) is 0 Å². The van der Waals surface area contributed by atoms with E-state index in [0.717, 1.165) is 32.0 Å². The summed E-state index contributed by atoms with van der Waals surface area (Å²) in [6.45, 7) is 6.90. The van der Waals surface area contributed by atoms with Crippen LogP contribution in [0.25, 0.3) is 0 Å². The maximum atomic E-state index is 5.70. The van der Waals surface area contributed by atoms with Gasteiger partial charge in [-0.2, -0.15) is 0 Å². The molecule has 1 heterocycles. The molecule has 1 aliphatic heterocycles. The summed E-state index contributed by atoms with van der Waals surface area (Å²) in [6, 6.07) is 8.41. The quantitative estimate of drug-likeness (QED) is 0.892. The average molecular weight is 271 g/mol. The minimum atomic E-state index is 0. The highest BCUT2D eigenvalue weighted by atomic mass is 35.5. The van der Waals surface area contributed by atoms with E-state index in [2.05, 4.69) is 29.2 Å². The molecule has 0 amide bonds. The number of ether oxygens (including phenoxy) is 1. The van der Waals surface area contributed by atoms with Gasteiger partial charge < -0.3 is 10.5 Å². The standard InChI is InChI=1S/C14H22N2O.ClH/c1-2-17-14-5-3-12(4-6-14)10-16-8-7-13(9-15)11-16;/h3-6,13H,2,7-11,15H2,1H3;1H. The Morgan fingerprint density at radius 1 is 1.33 bits per heavy atom. The number of halogens is 1. The smallest absolute Gasteiger partial charge is 0.119 e. The van der Waals surface area contributed by atoms with Crippen LogP contribution >= 0.6 is 12.4 Å². The molecule has 0 bridgehead atoms. The van der Waals surface area contributed by atoms with Crippen LogP contribution in [0.3, 0.4) is 0 Å². The first-order valence-corrected chi connectivity index (χ1v) is 6.46. The van der Waals surface area contributed by atoms with Gasteiger partial charge in [0.05, 0.1) is 6.61 Å². The van der Waals surface area contributed by atoms with Crippen LogP contribution in [-0.2, 0) is 6.54 Å². The number of likely N-dealkylation sites (tertiary alicyclic amines) is 1. The highest BCUT2D eigenvalue weighted by Crippen LogP contribution is 2.19. The number of nitrogens with zero attached hydrogens (tertiary/aromatic N) is 1. The first-order chi connectivity index (χ1) is 8.31. The minimum Gasteiger partial charge on any atom is -0.494 e. The van der Waals surface area contributed by atoms with E-state index in [1.54, 1.807) is 0 Å². The Morgan fingerprint density at radius 2 is 2.06 bits per heavy atom. The van der Waals surface area contributed by atoms with Crippen molar-refractivity contribution < 1.29 is 4.74 Å². The number of hydrogen-bond donors (Lipinski definition) is 1. The lowest BCUT2D eigenvalue weighted by atomic mass is 10.1. The second kappa shape index (κ2) is 7.62. The molecule has 0 saturated carbocycles. The SMILES string of the molecule is CCOc1ccc(CN2CCC(CN)C2)cc1.Cl. The van der Waals surface area contributed by atoms with Crippen molar-refractivity contribution in [2.24, 2.45) is 11.7 Å². The second-order valence-corrected chi connectivity index (χ2v) is 4.70. The van der Waals surface area contributed by atoms with Gasteiger partial charge in [-0.05, 0) is 50.0 Å². The molecule has 1 atom stereocenters. The Labute approximate surface area is 116 Å². The van der Waals surface area contributed by atoms with E-state index in [0.29, 0.717) is 5.92 Å². The lowest BCUT2D eigenvalue weighted by molar-refractivity contribution is 0.317. The summed E-state index contributed by atoms with van der Waals surface area (Å²) in [5.41, 5.74) is 7.05. The fourth-order valence-electron chi connectivity index (χ4n) is 2.36. The van der Waals surface area contributed by atoms with E-state index < -0.39 is 0 Å². The first-order valence-electron chi connectivity index (χ1n) is 6.46. The van der Waals surface area contributed by atoms with Crippen molar-refractivity contribution in [2.75, 3.05) is 26.2 Å². The van der Waals surface area contributed by atoms with E-state index in [9.17, 15) is 0 Å². The molecule has 3 nitrogen and oxygen atoms in total. The van der Waals surface area contributed by atoms with E-state index >= 15 is 0 Å². The molecule has 1 unspecified atom stereocenters. The van der Waals surface area contributed by atoms with Crippen molar-refractivity contribution in [3.8, 4) is 5.75 Å². The molecule has 4 heteroatoms. The number of hydrogen-bond acceptors (Lipinski definition) is 3. The highest BCUT2D eigenvalue weighted by Gasteiger charge is 2.20. The normalized spacial score (nSPS) is 19.6. The van der Waals surface area contributed by atoms with Crippen LogP contribution in [-0.4, -0.2) is 31.1 Å². The van der Waals surface area contributed by atoms with Crippen molar-refractivity contribution in [3.63, 3.8) is 0 Å². The zero-order chi connectivity index (χ0) is 12.1. The van der Waals surface area contributed by atoms with Gasteiger partial charge in [-0.25, -0.2) is 0 Å². The lowest BCUT2D eigenvalue weighted by Gasteiger charge is -2.15. The number of rotatable bonds is 5. The second-order valence-electron chi connectivity index (χ2n) is 4.70. The minimum absolute atomic E-state index is 0. The van der Waals surface area contributed by atoms with Crippen molar-refractivity contribution in [3.05, 3.63) is 29.8 Å². The van der Waals surface area contributed by atoms with E-state index in [1.165, 1.54) is 18.5 Å². The van der Waals surface area contributed by atoms with Gasteiger partial charge in [0.15, 0.2) is 0 Å². The topological polar surface area (TPSA) is 38.5 Å². The molecule has 0 radical (unpaired) electrons. The van der Waals surface area contributed by atoms with Gasteiger partial charge in [0.2, 0.25) is 0 Å². The molecule has 0 aliphatic carbocycles. The van der Waals surface area contributed by atoms with Crippen molar-refractivity contribution in [1.82, 2.24) is 4.90 Å². The molecule has 2 rings (SSSR count). The molecule has 0 aromatic heterocycles. The zero-order valence-electron chi connectivity index (χ0n) is 11.0. The summed E-state index contributed by atoms with van der Waals surface area (Å²) in [5.74, 6) is 1.65. The number of benzene rings is 1. The molecule has 1 aliphatic rings. The van der Waals surface area contributed by atoms with E-state index in [1.807, 2.05) is 6.92 Å². The van der Waals surface area contributed by atoms with Crippen LogP contribution in [0.4, 0.5) is 0 Å². The Balaban J connectivity index is 0.00000162. The van der Waals surface area contributed by atoms with Crippen molar-refractivity contribution in [1.29, 1.82) is 0 Å². The molecular weight excluding hydrogens is 248 g/mol. The lowest BCUT2D eigenvalue weighted by Crippen LogP contribution is -2.22. The van der Waals surface area contributed by atoms with Crippen LogP contribution in [0.5, 0.6) is 5.75 Å². The largest absolute Gasteiger partial charge is 0.494 e. The van der Waals surface area contributed by atoms with Gasteiger partial charge in [-0.1, -0.05) is 12.1 Å². The zero-order valence-corrected chi connectivity index (χ0v) is 11.8. The predicted octanol–water partition coefficient (Wildman–Crippen LogP) is 2.29. The molecule has 102 valence electrons. The monoisotopic (exact) mass is 270 g/mol. The number of nitrogens with two attached hydrogens (primary N) is 1. The third-order valence-electron chi connectivity index (χ3n) is 3.34. The molecule has 18 heavy (non-hydrogen) atoms. The van der Waals surface area contributed by atoms with Crippen LogP contribution < -0.4 is 10.5 Å². The van der Waals surface area contributed by atoms with Gasteiger partial charge in [0.1, 0.15) is 5.75 Å². The van der Waals surface area contributed by atoms with Crippen LogP contribution in [0.1, 0.15) is 18.9 Å². The summed E-state index contributed by atoms with van der Waals surface area (Å²) in [5, 5.41) is 0. The van der Waals surface area contributed by atoms with Gasteiger partial charge in [0.25, 0.3) is 0 Å². The molecule has 1 aromatic carbocycles. The molecule has 2 N–H and O–H groups in total. The molecular formula is C14H23ClN2O. The summed E-state index contributed by atoms with van der Waals surface area (Å²) in [4.78, 5) is 2.48. The Morgan fingerprint density at radius 3 is 2.61 bits per heavy atom.